The summed E-state index contributed by atoms with van der Waals surface area (Å²) in [5.74, 6) is -2.01. The first-order valence-corrected chi connectivity index (χ1v) is 19.0. The maximum atomic E-state index is 15.3. The average molecular weight is 750 g/mol. The lowest BCUT2D eigenvalue weighted by Crippen LogP contribution is -2.54. The fraction of sp³-hybridized carbons (Fsp3) is 0.537. The molecule has 2 aromatic rings. The topological polar surface area (TPSA) is 141 Å². The molecule has 8 bridgehead atoms. The Kier molecular flexibility index (Phi) is 10.4. The molecule has 0 saturated carbocycles. The van der Waals surface area contributed by atoms with Gasteiger partial charge in [-0.1, -0.05) is 53.9 Å². The van der Waals surface area contributed by atoms with Crippen molar-refractivity contribution < 1.29 is 37.4 Å². The maximum absolute atomic E-state index is 15.3. The molecule has 10 nitrogen and oxygen atoms in total. The van der Waals surface area contributed by atoms with E-state index >= 15 is 13.2 Å². The molecule has 0 spiro atoms. The summed E-state index contributed by atoms with van der Waals surface area (Å²) in [7, 11) is 1.33. The van der Waals surface area contributed by atoms with Crippen LogP contribution in [-0.2, 0) is 20.5 Å². The van der Waals surface area contributed by atoms with Gasteiger partial charge in [0.1, 0.15) is 0 Å². The van der Waals surface area contributed by atoms with E-state index in [1.165, 1.54) is 31.1 Å². The van der Waals surface area contributed by atoms with Gasteiger partial charge in [-0.25, -0.2) is 4.98 Å². The highest BCUT2D eigenvalue weighted by Crippen LogP contribution is 2.56. The predicted molar refractivity (Wildman–Crippen MR) is 199 cm³/mol. The van der Waals surface area contributed by atoms with E-state index in [1.54, 1.807) is 13.8 Å². The zero-order chi connectivity index (χ0) is 39.5. The van der Waals surface area contributed by atoms with Gasteiger partial charge in [-0.2, -0.15) is 13.2 Å². The van der Waals surface area contributed by atoms with Crippen molar-refractivity contribution in [2.75, 3.05) is 13.7 Å². The number of nitrogens with zero attached hydrogens (tertiary/aromatic N) is 3. The van der Waals surface area contributed by atoms with E-state index in [0.717, 1.165) is 24.8 Å². The molecule has 290 valence electrons. The fourth-order valence-electron chi connectivity index (χ4n) is 8.62. The molecule has 0 fully saturated rings. The highest BCUT2D eigenvalue weighted by molar-refractivity contribution is 6.23. The lowest BCUT2D eigenvalue weighted by molar-refractivity contribution is -0.290. The van der Waals surface area contributed by atoms with Crippen LogP contribution in [0.3, 0.4) is 0 Å². The Morgan fingerprint density at radius 2 is 1.69 bits per heavy atom. The van der Waals surface area contributed by atoms with Crippen LogP contribution in [0.4, 0.5) is 13.2 Å². The van der Waals surface area contributed by atoms with Gasteiger partial charge < -0.3 is 19.8 Å². The van der Waals surface area contributed by atoms with Gasteiger partial charge in [-0.15, -0.1) is 0 Å². The number of rotatable bonds is 10. The molecular formula is C41H50F3N5O5. The Balaban J connectivity index is 1.78. The molecule has 2 unspecified atom stereocenters. The Hall–Kier alpha value is -4.52. The average Bonchev–Trinajstić information content (AvgIpc) is 3.78. The number of amides is 2. The predicted octanol–water partition coefficient (Wildman–Crippen LogP) is 8.82. The maximum Gasteiger partial charge on any atom is 0.423 e. The monoisotopic (exact) mass is 749 g/mol. The number of ether oxygens (including phenoxy) is 1. The van der Waals surface area contributed by atoms with Crippen LogP contribution >= 0.6 is 0 Å². The van der Waals surface area contributed by atoms with Crippen molar-refractivity contribution in [3.63, 3.8) is 0 Å². The van der Waals surface area contributed by atoms with Gasteiger partial charge in [0.05, 0.1) is 51.9 Å². The van der Waals surface area contributed by atoms with Gasteiger partial charge in [0, 0.05) is 41.7 Å². The highest BCUT2D eigenvalue weighted by atomic mass is 19.4. The number of fused-ring (bicyclic) bond motifs is 8. The van der Waals surface area contributed by atoms with E-state index in [0.29, 0.717) is 53.0 Å². The van der Waals surface area contributed by atoms with E-state index < -0.39 is 40.7 Å². The van der Waals surface area contributed by atoms with Gasteiger partial charge in [0.15, 0.2) is 0 Å². The summed E-state index contributed by atoms with van der Waals surface area (Å²) >= 11 is 0. The third-order valence-corrected chi connectivity index (χ3v) is 12.3. The number of esters is 1. The summed E-state index contributed by atoms with van der Waals surface area (Å²) in [6, 6.07) is 4.55. The number of aryl methyl sites for hydroxylation is 1. The number of nitrogens with one attached hydrogen (secondary N) is 2. The second-order valence-corrected chi connectivity index (χ2v) is 15.2. The molecule has 0 radical (unpaired) electrons. The number of methoxy groups -OCH3 is 1. The molecule has 2 amide bonds. The van der Waals surface area contributed by atoms with Crippen LogP contribution in [-0.4, -0.2) is 67.6 Å². The Labute approximate surface area is 313 Å². The molecule has 54 heavy (non-hydrogen) atoms. The number of alkyl halides is 3. The van der Waals surface area contributed by atoms with Crippen LogP contribution in [0.25, 0.3) is 22.2 Å². The smallest absolute Gasteiger partial charge is 0.423 e. The van der Waals surface area contributed by atoms with Crippen molar-refractivity contribution in [2.24, 2.45) is 0 Å². The summed E-state index contributed by atoms with van der Waals surface area (Å²) in [6.45, 7) is 12.6. The van der Waals surface area contributed by atoms with Gasteiger partial charge in [-0.05, 0) is 74.4 Å². The molecule has 13 heteroatoms. The minimum Gasteiger partial charge on any atom is -0.469 e. The summed E-state index contributed by atoms with van der Waals surface area (Å²) in [5, 5.41) is 11.9. The first-order chi connectivity index (χ1) is 25.5. The number of H-pyrrole nitrogens is 2. The lowest BCUT2D eigenvalue weighted by atomic mass is 9.69. The van der Waals surface area contributed by atoms with E-state index in [2.05, 4.69) is 21.9 Å². The second-order valence-electron chi connectivity index (χ2n) is 15.2. The summed E-state index contributed by atoms with van der Waals surface area (Å²) < 4.78 is 50.8. The molecule has 4 aliphatic rings. The van der Waals surface area contributed by atoms with Crippen molar-refractivity contribution in [1.82, 2.24) is 24.8 Å². The van der Waals surface area contributed by atoms with Gasteiger partial charge in [0.25, 0.3) is 11.8 Å². The zero-order valence-corrected chi connectivity index (χ0v) is 32.3. The van der Waals surface area contributed by atoms with E-state index in [4.69, 9.17) is 9.72 Å². The van der Waals surface area contributed by atoms with E-state index in [9.17, 15) is 19.5 Å². The number of aliphatic hydroxyl groups is 1. The van der Waals surface area contributed by atoms with Crippen molar-refractivity contribution in [2.45, 2.75) is 129 Å². The Morgan fingerprint density at radius 3 is 2.31 bits per heavy atom. The first kappa shape index (κ1) is 39.2. The minimum atomic E-state index is -5.11. The van der Waals surface area contributed by atoms with Crippen molar-refractivity contribution >= 4 is 40.0 Å². The van der Waals surface area contributed by atoms with Crippen LogP contribution in [0.15, 0.2) is 18.2 Å². The zero-order valence-electron chi connectivity index (χ0n) is 32.3. The Morgan fingerprint density at radius 1 is 0.981 bits per heavy atom. The number of carbonyl (C=O) groups is 3. The van der Waals surface area contributed by atoms with Crippen LogP contribution in [0.2, 0.25) is 0 Å². The standard InChI is InChI=1S/C41H50F3N5O5/c1-9-12-13-14-17-49-37(51)33-23(6)28-19-30-39(7,11-3)40(53,41(42,43)44)31(48-30)20-29-24(10-2)21(4)26(45-29)18-27-22(5)25(15-16-32(50)54-8)35(46-27)34(38(49)52)36(33)47-28/h18-20,22,25,46-47,53H,9-17H2,1-8H3/t22-,25-,39?,40?/m0/s1. The highest BCUT2D eigenvalue weighted by Gasteiger charge is 2.69. The molecule has 3 N–H and O–H groups in total. The van der Waals surface area contributed by atoms with Crippen molar-refractivity contribution in [3.05, 3.63) is 69.1 Å². The molecule has 6 rings (SSSR count). The number of hydrogen-bond donors (Lipinski definition) is 3. The molecule has 0 aliphatic carbocycles. The molecular weight excluding hydrogens is 699 g/mol. The van der Waals surface area contributed by atoms with Crippen molar-refractivity contribution in [1.29, 1.82) is 0 Å². The molecule has 4 aliphatic heterocycles. The van der Waals surface area contributed by atoms with Crippen LogP contribution in [0, 0.1) is 6.92 Å². The summed E-state index contributed by atoms with van der Waals surface area (Å²) in [5.41, 5.74) is -0.903. The third-order valence-electron chi connectivity index (χ3n) is 12.3. The van der Waals surface area contributed by atoms with E-state index in [1.807, 2.05) is 26.8 Å². The first-order valence-electron chi connectivity index (χ1n) is 19.0. The van der Waals surface area contributed by atoms with Crippen LogP contribution in [0.1, 0.15) is 165 Å². The van der Waals surface area contributed by atoms with Gasteiger partial charge >= 0.3 is 12.1 Å². The number of hydrogen-bond acceptors (Lipinski definition) is 7. The van der Waals surface area contributed by atoms with Gasteiger partial charge in [0.2, 0.25) is 5.60 Å². The third kappa shape index (κ3) is 5.93. The summed E-state index contributed by atoms with van der Waals surface area (Å²) in [4.78, 5) is 58.8. The van der Waals surface area contributed by atoms with Crippen LogP contribution in [0.5, 0.6) is 0 Å². The Bertz CT molecular complexity index is 2130. The van der Waals surface area contributed by atoms with Crippen molar-refractivity contribution in [3.8, 4) is 0 Å². The summed E-state index contributed by atoms with van der Waals surface area (Å²) in [6.07, 6.45) is -1.00. The largest absolute Gasteiger partial charge is 0.469 e. The van der Waals surface area contributed by atoms with E-state index in [-0.39, 0.29) is 59.3 Å². The number of allylic oxidation sites excluding steroid dienone is 2. The number of halogens is 3. The lowest BCUT2D eigenvalue weighted by Gasteiger charge is -2.40. The quantitative estimate of drug-likeness (QED) is 0.125. The number of aromatic nitrogens is 4. The number of imide groups is 1. The molecule has 0 saturated heterocycles. The second kappa shape index (κ2) is 14.3. The molecule has 0 aromatic carbocycles. The normalized spacial score (nSPS) is 23.3. The fourth-order valence-corrected chi connectivity index (χ4v) is 8.62. The number of aromatic amines is 2. The molecule has 6 heterocycles. The minimum absolute atomic E-state index is 0.0263. The van der Waals surface area contributed by atoms with Crippen LogP contribution < -0.4 is 0 Å². The number of unbranched alkanes of at least 4 members (excludes halogenated alkanes) is 3. The SMILES string of the molecule is CCCCCCN1C(=O)c2c3[nH]c(cc4nc(cc5nc(cc6[nH]c2c(c6C)C1=O)C(C)(CC)C5(O)C(F)(F)F)C(CC)=C4C)[C@@H](C)[C@@H]3CCC(=O)OC. The number of carbonyl (C=O) groups excluding carboxylic acids is 3. The molecule has 4 atom stereocenters. The van der Waals surface area contributed by atoms with Gasteiger partial charge in [-0.3, -0.25) is 24.3 Å². The molecule has 2 aromatic heterocycles.